The average molecular weight is 141 g/mol. The smallest absolute Gasteiger partial charge is 0.276 e. The zero-order valence-corrected chi connectivity index (χ0v) is 5.37. The lowest BCUT2D eigenvalue weighted by atomic mass is 10.3. The summed E-state index contributed by atoms with van der Waals surface area (Å²) in [6.07, 6.45) is 2.55. The van der Waals surface area contributed by atoms with Crippen LogP contribution in [0.15, 0.2) is 17.8 Å². The van der Waals surface area contributed by atoms with Gasteiger partial charge in [-0.25, -0.2) is 4.79 Å². The quantitative estimate of drug-likeness (QED) is 0.183. The monoisotopic (exact) mass is 141 g/mol. The first kappa shape index (κ1) is 8.59. The van der Waals surface area contributed by atoms with Crippen molar-refractivity contribution in [3.8, 4) is 0 Å². The number of ketones is 1. The van der Waals surface area contributed by atoms with Crippen molar-refractivity contribution < 1.29 is 14.4 Å². The maximum atomic E-state index is 10.4. The highest BCUT2D eigenvalue weighted by atomic mass is 16.6. The molecule has 54 valence electrons. The molecule has 0 heterocycles. The molecule has 0 fully saturated rings. The summed E-state index contributed by atoms with van der Waals surface area (Å²) in [5, 5.41) is 2.79. The second-order valence-corrected chi connectivity index (χ2v) is 1.44. The molecule has 0 aromatic heterocycles. The molecular weight excluding hydrogens is 134 g/mol. The molecule has 0 saturated carbocycles. The molecule has 0 atom stereocenters. The van der Waals surface area contributed by atoms with Crippen LogP contribution in [0.3, 0.4) is 0 Å². The summed E-state index contributed by atoms with van der Waals surface area (Å²) >= 11 is 0. The van der Waals surface area contributed by atoms with Crippen LogP contribution in [0.25, 0.3) is 0 Å². The molecule has 0 aromatic carbocycles. The van der Waals surface area contributed by atoms with Crippen molar-refractivity contribution in [3.63, 3.8) is 0 Å². The van der Waals surface area contributed by atoms with Crippen LogP contribution in [0.1, 0.15) is 6.42 Å². The molecule has 0 unspecified atom stereocenters. The number of rotatable bonds is 5. The standard InChI is InChI=1S/C6H7NO3/c1-2-6(9)3-4-10-7-5-8/h2H,1,3-4H2. The first-order chi connectivity index (χ1) is 4.81. The fourth-order valence-electron chi connectivity index (χ4n) is 0.320. The normalized spacial score (nSPS) is 7.60. The predicted molar refractivity (Wildman–Crippen MR) is 33.9 cm³/mol. The van der Waals surface area contributed by atoms with Gasteiger partial charge < -0.3 is 4.84 Å². The zero-order chi connectivity index (χ0) is 7.82. The van der Waals surface area contributed by atoms with E-state index in [1.165, 1.54) is 12.2 Å². The molecule has 0 amide bonds. The third kappa shape index (κ3) is 4.74. The molecule has 0 aromatic rings. The summed E-state index contributed by atoms with van der Waals surface area (Å²) in [6.45, 7) is 3.34. The van der Waals surface area contributed by atoms with E-state index >= 15 is 0 Å². The summed E-state index contributed by atoms with van der Waals surface area (Å²) in [6, 6.07) is 0. The van der Waals surface area contributed by atoms with Gasteiger partial charge >= 0.3 is 0 Å². The SMILES string of the molecule is C=CC(=O)CCON=C=O. The lowest BCUT2D eigenvalue weighted by molar-refractivity contribution is -0.115. The molecule has 0 rings (SSSR count). The van der Waals surface area contributed by atoms with E-state index in [0.717, 1.165) is 0 Å². The van der Waals surface area contributed by atoms with Gasteiger partial charge in [-0.2, -0.15) is 0 Å². The number of carbonyl (C=O) groups excluding carboxylic acids is 2. The molecule has 0 radical (unpaired) electrons. The largest absolute Gasteiger partial charge is 0.386 e. The highest BCUT2D eigenvalue weighted by Crippen LogP contribution is 1.85. The first-order valence-electron chi connectivity index (χ1n) is 2.65. The number of allylic oxidation sites excluding steroid dienone is 1. The number of carbonyl (C=O) groups is 1. The topological polar surface area (TPSA) is 55.7 Å². The van der Waals surface area contributed by atoms with Crippen molar-refractivity contribution in [2.45, 2.75) is 6.42 Å². The Morgan fingerprint density at radius 1 is 1.80 bits per heavy atom. The highest BCUT2D eigenvalue weighted by molar-refractivity contribution is 5.89. The minimum absolute atomic E-state index is 0.0973. The van der Waals surface area contributed by atoms with E-state index < -0.39 is 0 Å². The maximum Gasteiger partial charge on any atom is 0.276 e. The van der Waals surface area contributed by atoms with Crippen molar-refractivity contribution in [2.24, 2.45) is 5.16 Å². The number of isocyanates is 1. The van der Waals surface area contributed by atoms with E-state index in [2.05, 4.69) is 16.6 Å². The van der Waals surface area contributed by atoms with Crippen LogP contribution >= 0.6 is 0 Å². The van der Waals surface area contributed by atoms with E-state index in [4.69, 9.17) is 0 Å². The Hall–Kier alpha value is -1.41. The fraction of sp³-hybridized carbons (Fsp3) is 0.333. The first-order valence-corrected chi connectivity index (χ1v) is 2.65. The van der Waals surface area contributed by atoms with Crippen LogP contribution in [0.4, 0.5) is 0 Å². The van der Waals surface area contributed by atoms with E-state index in [-0.39, 0.29) is 18.8 Å². The Bertz CT molecular complexity index is 170. The Morgan fingerprint density at radius 3 is 3.00 bits per heavy atom. The molecule has 0 bridgehead atoms. The van der Waals surface area contributed by atoms with Crippen LogP contribution in [-0.4, -0.2) is 18.5 Å². The third-order valence-corrected chi connectivity index (χ3v) is 0.769. The average Bonchev–Trinajstić information content (AvgIpc) is 1.98. The van der Waals surface area contributed by atoms with Gasteiger partial charge in [0.15, 0.2) is 5.78 Å². The highest BCUT2D eigenvalue weighted by Gasteiger charge is 1.93. The van der Waals surface area contributed by atoms with Crippen molar-refractivity contribution in [1.29, 1.82) is 0 Å². The van der Waals surface area contributed by atoms with E-state index in [1.807, 2.05) is 0 Å². The minimum Gasteiger partial charge on any atom is -0.386 e. The Kier molecular flexibility index (Phi) is 4.91. The summed E-state index contributed by atoms with van der Waals surface area (Å²) in [7, 11) is 0. The molecule has 0 spiro atoms. The van der Waals surface area contributed by atoms with Crippen molar-refractivity contribution in [2.75, 3.05) is 6.61 Å². The van der Waals surface area contributed by atoms with Crippen molar-refractivity contribution >= 4 is 11.9 Å². The summed E-state index contributed by atoms with van der Waals surface area (Å²) in [4.78, 5) is 24.1. The van der Waals surface area contributed by atoms with E-state index in [0.29, 0.717) is 0 Å². The summed E-state index contributed by atoms with van der Waals surface area (Å²) in [5.41, 5.74) is 0. The van der Waals surface area contributed by atoms with Crippen LogP contribution in [0, 0.1) is 0 Å². The van der Waals surface area contributed by atoms with Crippen molar-refractivity contribution in [1.82, 2.24) is 0 Å². The Morgan fingerprint density at radius 2 is 2.50 bits per heavy atom. The van der Waals surface area contributed by atoms with E-state index in [1.54, 1.807) is 0 Å². The molecule has 0 saturated heterocycles. The van der Waals surface area contributed by atoms with Gasteiger partial charge in [-0.15, -0.1) is 0 Å². The van der Waals surface area contributed by atoms with Gasteiger partial charge in [0, 0.05) is 11.6 Å². The summed E-state index contributed by atoms with van der Waals surface area (Å²) < 4.78 is 0. The van der Waals surface area contributed by atoms with Gasteiger partial charge in [-0.05, 0) is 6.08 Å². The minimum atomic E-state index is -0.138. The fourth-order valence-corrected chi connectivity index (χ4v) is 0.320. The lowest BCUT2D eigenvalue weighted by Gasteiger charge is -1.91. The second-order valence-electron chi connectivity index (χ2n) is 1.44. The van der Waals surface area contributed by atoms with Crippen LogP contribution in [0.5, 0.6) is 0 Å². The van der Waals surface area contributed by atoms with Gasteiger partial charge in [0.05, 0.1) is 0 Å². The molecule has 0 aliphatic heterocycles. The van der Waals surface area contributed by atoms with Gasteiger partial charge in [0.25, 0.3) is 6.08 Å². The van der Waals surface area contributed by atoms with Crippen LogP contribution in [0.2, 0.25) is 0 Å². The van der Waals surface area contributed by atoms with Crippen molar-refractivity contribution in [3.05, 3.63) is 12.7 Å². The second kappa shape index (κ2) is 5.72. The molecule has 10 heavy (non-hydrogen) atoms. The molecule has 0 aliphatic rings. The van der Waals surface area contributed by atoms with Crippen LogP contribution in [-0.2, 0) is 14.4 Å². The van der Waals surface area contributed by atoms with Gasteiger partial charge in [-0.3, -0.25) is 4.79 Å². The number of nitrogens with zero attached hydrogens (tertiary/aromatic N) is 1. The lowest BCUT2D eigenvalue weighted by Crippen LogP contribution is -1.97. The molecule has 4 heteroatoms. The maximum absolute atomic E-state index is 10.4. The number of hydrogen-bond donors (Lipinski definition) is 0. The van der Waals surface area contributed by atoms with Gasteiger partial charge in [-0.1, -0.05) is 6.58 Å². The number of hydrogen-bond acceptors (Lipinski definition) is 4. The molecule has 4 nitrogen and oxygen atoms in total. The van der Waals surface area contributed by atoms with Gasteiger partial charge in [0.2, 0.25) is 0 Å². The Labute approximate surface area is 58.2 Å². The Balaban J connectivity index is 3.27. The zero-order valence-electron chi connectivity index (χ0n) is 5.37. The summed E-state index contributed by atoms with van der Waals surface area (Å²) in [5.74, 6) is -0.138. The van der Waals surface area contributed by atoms with Crippen LogP contribution < -0.4 is 0 Å². The molecular formula is C6H7NO3. The van der Waals surface area contributed by atoms with Gasteiger partial charge in [0.1, 0.15) is 6.61 Å². The molecule has 0 aliphatic carbocycles. The predicted octanol–water partition coefficient (Wildman–Crippen LogP) is 0.399. The molecule has 0 N–H and O–H groups in total. The third-order valence-electron chi connectivity index (χ3n) is 0.769. The van der Waals surface area contributed by atoms with E-state index in [9.17, 15) is 9.59 Å².